The predicted octanol–water partition coefficient (Wildman–Crippen LogP) is 4.96. The highest BCUT2D eigenvalue weighted by Gasteiger charge is 2.29. The molecule has 0 saturated carbocycles. The Morgan fingerprint density at radius 3 is 2.79 bits per heavy atom. The van der Waals surface area contributed by atoms with Crippen molar-refractivity contribution in [2.24, 2.45) is 5.92 Å². The van der Waals surface area contributed by atoms with Crippen LogP contribution in [0.15, 0.2) is 22.6 Å². The molecule has 29 heavy (non-hydrogen) atoms. The quantitative estimate of drug-likeness (QED) is 0.657. The Kier molecular flexibility index (Phi) is 5.21. The van der Waals surface area contributed by atoms with Gasteiger partial charge < -0.3 is 14.6 Å². The average molecular weight is 413 g/mol. The summed E-state index contributed by atoms with van der Waals surface area (Å²) in [4.78, 5) is 24.2. The van der Waals surface area contributed by atoms with Crippen LogP contribution in [-0.2, 0) is 4.79 Å². The summed E-state index contributed by atoms with van der Waals surface area (Å²) in [7, 11) is 0. The minimum absolute atomic E-state index is 0.0109. The number of benzene rings is 1. The van der Waals surface area contributed by atoms with Crippen molar-refractivity contribution in [1.82, 2.24) is 9.97 Å². The highest BCUT2D eigenvalue weighted by Crippen LogP contribution is 2.33. The Labute approximate surface area is 175 Å². The van der Waals surface area contributed by atoms with Crippen LogP contribution in [0.25, 0.3) is 11.1 Å². The molecule has 3 heterocycles. The van der Waals surface area contributed by atoms with E-state index in [0.29, 0.717) is 23.1 Å². The Bertz CT molecular complexity index is 1090. The molecule has 1 atom stereocenters. The van der Waals surface area contributed by atoms with Gasteiger partial charge in [0.2, 0.25) is 11.6 Å². The summed E-state index contributed by atoms with van der Waals surface area (Å²) in [5.74, 6) is 2.27. The van der Waals surface area contributed by atoms with Crippen LogP contribution in [0.4, 0.5) is 11.5 Å². The van der Waals surface area contributed by atoms with E-state index in [9.17, 15) is 4.79 Å². The predicted molar refractivity (Wildman–Crippen MR) is 116 cm³/mol. The lowest BCUT2D eigenvalue weighted by molar-refractivity contribution is -0.120. The van der Waals surface area contributed by atoms with Crippen LogP contribution in [-0.4, -0.2) is 29.0 Å². The van der Waals surface area contributed by atoms with Crippen LogP contribution in [0.5, 0.6) is 0 Å². The van der Waals surface area contributed by atoms with Crippen LogP contribution in [0.3, 0.4) is 0 Å². The number of piperidine rings is 1. The number of hydrogen-bond acceptors (Lipinski definition) is 5. The summed E-state index contributed by atoms with van der Waals surface area (Å²) in [6.45, 7) is 9.24. The van der Waals surface area contributed by atoms with E-state index in [4.69, 9.17) is 21.0 Å². The van der Waals surface area contributed by atoms with Gasteiger partial charge in [0.15, 0.2) is 0 Å². The molecule has 0 aliphatic carbocycles. The van der Waals surface area contributed by atoms with Gasteiger partial charge in [0.1, 0.15) is 17.4 Å². The zero-order valence-electron chi connectivity index (χ0n) is 17.2. The summed E-state index contributed by atoms with van der Waals surface area (Å²) in [5, 5.41) is 4.61. The highest BCUT2D eigenvalue weighted by atomic mass is 35.5. The molecule has 1 unspecified atom stereocenters. The zero-order chi connectivity index (χ0) is 20.7. The number of rotatable bonds is 3. The summed E-state index contributed by atoms with van der Waals surface area (Å²) in [5.41, 5.74) is 3.38. The Hall–Kier alpha value is -2.60. The molecule has 0 radical (unpaired) electrons. The van der Waals surface area contributed by atoms with Gasteiger partial charge in [-0.05, 0) is 58.2 Å². The highest BCUT2D eigenvalue weighted by molar-refractivity contribution is 6.31. The molecule has 1 amide bonds. The number of aryl methyl sites for hydroxylation is 4. The summed E-state index contributed by atoms with van der Waals surface area (Å²) in [6.07, 6.45) is 1.77. The maximum absolute atomic E-state index is 12.9. The van der Waals surface area contributed by atoms with E-state index in [-0.39, 0.29) is 11.8 Å². The maximum atomic E-state index is 12.9. The third-order valence-electron chi connectivity index (χ3n) is 5.65. The lowest BCUT2D eigenvalue weighted by Crippen LogP contribution is -2.41. The molecular weight excluding hydrogens is 388 g/mol. The van der Waals surface area contributed by atoms with Gasteiger partial charge in [-0.2, -0.15) is 4.98 Å². The number of furan rings is 1. The molecule has 1 aromatic carbocycles. The number of fused-ring (bicyclic) bond motifs is 1. The second-order valence-corrected chi connectivity index (χ2v) is 8.20. The Morgan fingerprint density at radius 1 is 1.24 bits per heavy atom. The van der Waals surface area contributed by atoms with Crippen molar-refractivity contribution >= 4 is 40.1 Å². The van der Waals surface area contributed by atoms with Gasteiger partial charge in [0.05, 0.1) is 11.3 Å². The molecule has 1 aliphatic rings. The third kappa shape index (κ3) is 3.81. The van der Waals surface area contributed by atoms with Gasteiger partial charge in [-0.3, -0.25) is 4.79 Å². The number of carbonyl (C=O) groups excluding carboxylic acids is 1. The lowest BCUT2D eigenvalue weighted by atomic mass is 9.96. The first-order valence-corrected chi connectivity index (χ1v) is 10.3. The lowest BCUT2D eigenvalue weighted by Gasteiger charge is -2.33. The van der Waals surface area contributed by atoms with Crippen LogP contribution in [0.1, 0.15) is 35.6 Å². The number of nitrogens with zero attached hydrogens (tertiary/aromatic N) is 3. The van der Waals surface area contributed by atoms with Crippen LogP contribution < -0.4 is 10.2 Å². The fourth-order valence-corrected chi connectivity index (χ4v) is 4.04. The van der Waals surface area contributed by atoms with E-state index in [1.54, 1.807) is 6.07 Å². The molecule has 7 heteroatoms. The maximum Gasteiger partial charge on any atom is 0.231 e. The second kappa shape index (κ2) is 7.67. The van der Waals surface area contributed by atoms with Gasteiger partial charge in [-0.25, -0.2) is 4.98 Å². The standard InChI is InChI=1S/C22H25ClN4O2/c1-12-7-8-17(10-18(12)23)26-21(28)16-6-5-9-27(11-16)20-19-13(2)14(3)29-22(19)25-15(4)24-20/h7-8,10,16H,5-6,9,11H2,1-4H3,(H,26,28). The average Bonchev–Trinajstić information content (AvgIpc) is 2.97. The van der Waals surface area contributed by atoms with E-state index in [0.717, 1.165) is 53.2 Å². The minimum Gasteiger partial charge on any atom is -0.443 e. The summed E-state index contributed by atoms with van der Waals surface area (Å²) < 4.78 is 5.82. The fourth-order valence-electron chi connectivity index (χ4n) is 3.86. The van der Waals surface area contributed by atoms with E-state index >= 15 is 0 Å². The number of anilines is 2. The third-order valence-corrected chi connectivity index (χ3v) is 6.06. The second-order valence-electron chi connectivity index (χ2n) is 7.80. The van der Waals surface area contributed by atoms with Gasteiger partial charge in [-0.1, -0.05) is 17.7 Å². The van der Waals surface area contributed by atoms with E-state index in [2.05, 4.69) is 15.2 Å². The van der Waals surface area contributed by atoms with Crippen LogP contribution in [0.2, 0.25) is 5.02 Å². The molecule has 2 aromatic heterocycles. The van der Waals surface area contributed by atoms with Crippen molar-refractivity contribution in [2.45, 2.75) is 40.5 Å². The monoisotopic (exact) mass is 412 g/mol. The molecule has 1 saturated heterocycles. The van der Waals surface area contributed by atoms with Crippen molar-refractivity contribution < 1.29 is 9.21 Å². The summed E-state index contributed by atoms with van der Waals surface area (Å²) >= 11 is 6.19. The first kappa shape index (κ1) is 19.7. The molecule has 1 fully saturated rings. The molecule has 152 valence electrons. The number of carbonyl (C=O) groups is 1. The van der Waals surface area contributed by atoms with Gasteiger partial charge in [0, 0.05) is 29.4 Å². The van der Waals surface area contributed by atoms with E-state index in [1.807, 2.05) is 39.8 Å². The number of hydrogen-bond donors (Lipinski definition) is 1. The number of nitrogens with one attached hydrogen (secondary N) is 1. The van der Waals surface area contributed by atoms with Crippen molar-refractivity contribution in [3.05, 3.63) is 45.9 Å². The first-order valence-electron chi connectivity index (χ1n) is 9.90. The summed E-state index contributed by atoms with van der Waals surface area (Å²) in [6, 6.07) is 5.59. The molecule has 1 N–H and O–H groups in total. The van der Waals surface area contributed by atoms with Gasteiger partial charge in [0.25, 0.3) is 0 Å². The van der Waals surface area contributed by atoms with E-state index in [1.165, 1.54) is 0 Å². The van der Waals surface area contributed by atoms with Crippen molar-refractivity contribution in [3.8, 4) is 0 Å². The zero-order valence-corrected chi connectivity index (χ0v) is 17.9. The Morgan fingerprint density at radius 2 is 2.03 bits per heavy atom. The minimum atomic E-state index is -0.123. The molecule has 6 nitrogen and oxygen atoms in total. The van der Waals surface area contributed by atoms with Gasteiger partial charge >= 0.3 is 0 Å². The van der Waals surface area contributed by atoms with Crippen molar-refractivity contribution in [2.75, 3.05) is 23.3 Å². The number of amides is 1. The number of aromatic nitrogens is 2. The normalized spacial score (nSPS) is 17.0. The molecule has 0 bridgehead atoms. The van der Waals surface area contributed by atoms with Crippen LogP contribution >= 0.6 is 11.6 Å². The van der Waals surface area contributed by atoms with E-state index < -0.39 is 0 Å². The van der Waals surface area contributed by atoms with Gasteiger partial charge in [-0.15, -0.1) is 0 Å². The molecular formula is C22H25ClN4O2. The molecule has 1 aliphatic heterocycles. The number of halogens is 1. The molecule has 3 aromatic rings. The molecule has 0 spiro atoms. The van der Waals surface area contributed by atoms with Crippen molar-refractivity contribution in [3.63, 3.8) is 0 Å². The first-order chi connectivity index (χ1) is 13.8. The fraction of sp³-hybridized carbons (Fsp3) is 0.409. The van der Waals surface area contributed by atoms with Crippen molar-refractivity contribution in [1.29, 1.82) is 0 Å². The SMILES string of the molecule is Cc1nc(N2CCCC(C(=O)Nc3ccc(C)c(Cl)c3)C2)c2c(C)c(C)oc2n1. The topological polar surface area (TPSA) is 71.3 Å². The van der Waals surface area contributed by atoms with Crippen LogP contribution in [0, 0.1) is 33.6 Å². The smallest absolute Gasteiger partial charge is 0.231 e. The largest absolute Gasteiger partial charge is 0.443 e. The molecule has 4 rings (SSSR count). The Balaban J connectivity index is 1.58.